The van der Waals surface area contributed by atoms with Gasteiger partial charge in [0.2, 0.25) is 0 Å². The summed E-state index contributed by atoms with van der Waals surface area (Å²) >= 11 is 2.08. The average molecular weight is 235 g/mol. The van der Waals surface area contributed by atoms with Gasteiger partial charge in [0, 0.05) is 11.3 Å². The monoisotopic (exact) mass is 235 g/mol. The molecule has 2 unspecified atom stereocenters. The second-order valence-electron chi connectivity index (χ2n) is 4.59. The summed E-state index contributed by atoms with van der Waals surface area (Å²) in [6.45, 7) is 0. The van der Waals surface area contributed by atoms with Gasteiger partial charge in [-0.15, -0.1) is 0 Å². The Morgan fingerprint density at radius 3 is 2.75 bits per heavy atom. The van der Waals surface area contributed by atoms with Crippen molar-refractivity contribution in [2.24, 2.45) is 5.73 Å². The number of nitrogens with two attached hydrogens (primary N) is 1. The molecule has 1 heterocycles. The van der Waals surface area contributed by atoms with Gasteiger partial charge in [-0.3, -0.25) is 0 Å². The lowest BCUT2D eigenvalue weighted by Gasteiger charge is -2.27. The second kappa shape index (κ2) is 6.31. The quantitative estimate of drug-likeness (QED) is 0.867. The minimum atomic E-state index is 0.380. The van der Waals surface area contributed by atoms with Gasteiger partial charge in [0.25, 0.3) is 0 Å². The fraction of sp³-hybridized carbons (Fsp3) is 0.571. The molecule has 1 fully saturated rings. The van der Waals surface area contributed by atoms with Gasteiger partial charge in [0.05, 0.1) is 0 Å². The minimum absolute atomic E-state index is 0.380. The molecule has 0 amide bonds. The van der Waals surface area contributed by atoms with Crippen molar-refractivity contribution in [3.63, 3.8) is 0 Å². The number of aryl methyl sites for hydroxylation is 1. The third-order valence-corrected chi connectivity index (χ3v) is 4.84. The van der Waals surface area contributed by atoms with E-state index in [0.717, 1.165) is 12.8 Å². The van der Waals surface area contributed by atoms with Crippen molar-refractivity contribution in [1.29, 1.82) is 0 Å². The summed E-state index contributed by atoms with van der Waals surface area (Å²) in [5.41, 5.74) is 7.69. The summed E-state index contributed by atoms with van der Waals surface area (Å²) in [6, 6.07) is 11.1. The number of rotatable bonds is 4. The van der Waals surface area contributed by atoms with E-state index in [9.17, 15) is 0 Å². The standard InChI is InChI=1S/C14H21NS/c15-13(14-8-4-5-11-16-14)10-9-12-6-2-1-3-7-12/h1-3,6-7,13-14H,4-5,8-11,15H2. The molecule has 0 saturated carbocycles. The maximum atomic E-state index is 6.28. The smallest absolute Gasteiger partial charge is 0.0199 e. The molecule has 2 atom stereocenters. The Hall–Kier alpha value is -0.470. The highest BCUT2D eigenvalue weighted by Crippen LogP contribution is 2.28. The van der Waals surface area contributed by atoms with Crippen molar-refractivity contribution >= 4 is 11.8 Å². The van der Waals surface area contributed by atoms with Gasteiger partial charge in [0.15, 0.2) is 0 Å². The van der Waals surface area contributed by atoms with E-state index in [-0.39, 0.29) is 0 Å². The van der Waals surface area contributed by atoms with Gasteiger partial charge in [-0.25, -0.2) is 0 Å². The van der Waals surface area contributed by atoms with Crippen LogP contribution < -0.4 is 5.73 Å². The Kier molecular flexibility index (Phi) is 4.73. The first-order chi connectivity index (χ1) is 7.86. The summed E-state index contributed by atoms with van der Waals surface area (Å²) in [5.74, 6) is 1.31. The van der Waals surface area contributed by atoms with E-state index in [0.29, 0.717) is 11.3 Å². The summed E-state index contributed by atoms with van der Waals surface area (Å²) in [7, 11) is 0. The highest BCUT2D eigenvalue weighted by molar-refractivity contribution is 8.00. The van der Waals surface area contributed by atoms with E-state index < -0.39 is 0 Å². The van der Waals surface area contributed by atoms with Crippen LogP contribution in [0.4, 0.5) is 0 Å². The highest BCUT2D eigenvalue weighted by atomic mass is 32.2. The Morgan fingerprint density at radius 2 is 2.06 bits per heavy atom. The van der Waals surface area contributed by atoms with E-state index in [4.69, 9.17) is 5.73 Å². The Bertz CT molecular complexity index is 293. The number of hydrogen-bond acceptors (Lipinski definition) is 2. The molecule has 1 aliphatic heterocycles. The Balaban J connectivity index is 1.76. The van der Waals surface area contributed by atoms with Gasteiger partial charge in [0.1, 0.15) is 0 Å². The molecule has 2 heteroatoms. The van der Waals surface area contributed by atoms with Gasteiger partial charge in [-0.2, -0.15) is 11.8 Å². The molecule has 1 aromatic carbocycles. The van der Waals surface area contributed by atoms with Crippen LogP contribution in [0.25, 0.3) is 0 Å². The zero-order valence-electron chi connectivity index (χ0n) is 9.77. The molecule has 0 radical (unpaired) electrons. The SMILES string of the molecule is NC(CCc1ccccc1)C1CCCCS1. The van der Waals surface area contributed by atoms with E-state index in [1.165, 1.54) is 30.6 Å². The summed E-state index contributed by atoms with van der Waals surface area (Å²) in [4.78, 5) is 0. The molecule has 0 spiro atoms. The van der Waals surface area contributed by atoms with Crippen LogP contribution in [0.5, 0.6) is 0 Å². The normalized spacial score (nSPS) is 22.9. The maximum Gasteiger partial charge on any atom is 0.0199 e. The molecular weight excluding hydrogens is 214 g/mol. The first-order valence-corrected chi connectivity index (χ1v) is 7.32. The van der Waals surface area contributed by atoms with Crippen LogP contribution in [0.1, 0.15) is 31.2 Å². The average Bonchev–Trinajstić information content (AvgIpc) is 2.38. The molecule has 88 valence electrons. The van der Waals surface area contributed by atoms with Crippen molar-refractivity contribution in [3.05, 3.63) is 35.9 Å². The van der Waals surface area contributed by atoms with Gasteiger partial charge in [-0.05, 0) is 37.0 Å². The molecule has 0 aliphatic carbocycles. The summed E-state index contributed by atoms with van der Waals surface area (Å²) in [5, 5.41) is 0.706. The third-order valence-electron chi connectivity index (χ3n) is 3.30. The van der Waals surface area contributed by atoms with Crippen LogP contribution in [0.2, 0.25) is 0 Å². The Labute approximate surface area is 103 Å². The van der Waals surface area contributed by atoms with Crippen molar-refractivity contribution < 1.29 is 0 Å². The first kappa shape index (κ1) is 12.0. The second-order valence-corrected chi connectivity index (χ2v) is 5.94. The van der Waals surface area contributed by atoms with Crippen molar-refractivity contribution in [2.75, 3.05) is 5.75 Å². The minimum Gasteiger partial charge on any atom is -0.327 e. The zero-order valence-corrected chi connectivity index (χ0v) is 10.6. The van der Waals surface area contributed by atoms with E-state index >= 15 is 0 Å². The molecule has 1 saturated heterocycles. The van der Waals surface area contributed by atoms with Crippen molar-refractivity contribution in [1.82, 2.24) is 0 Å². The molecule has 1 aliphatic rings. The van der Waals surface area contributed by atoms with E-state index in [1.807, 2.05) is 0 Å². The van der Waals surface area contributed by atoms with Crippen LogP contribution in [-0.2, 0) is 6.42 Å². The molecule has 2 rings (SSSR count). The van der Waals surface area contributed by atoms with Crippen LogP contribution in [0.3, 0.4) is 0 Å². The van der Waals surface area contributed by atoms with Crippen molar-refractivity contribution in [2.45, 2.75) is 43.4 Å². The lowest BCUT2D eigenvalue weighted by molar-refractivity contribution is 0.533. The molecule has 0 bridgehead atoms. The predicted molar refractivity (Wildman–Crippen MR) is 72.8 cm³/mol. The van der Waals surface area contributed by atoms with E-state index in [2.05, 4.69) is 42.1 Å². The molecule has 1 nitrogen and oxygen atoms in total. The number of hydrogen-bond donors (Lipinski definition) is 1. The molecular formula is C14H21NS. The lowest BCUT2D eigenvalue weighted by Crippen LogP contribution is -2.34. The molecule has 0 aromatic heterocycles. The molecule has 16 heavy (non-hydrogen) atoms. The lowest BCUT2D eigenvalue weighted by atomic mass is 10.0. The van der Waals surface area contributed by atoms with Crippen LogP contribution >= 0.6 is 11.8 Å². The van der Waals surface area contributed by atoms with Crippen LogP contribution in [0, 0.1) is 0 Å². The maximum absolute atomic E-state index is 6.28. The fourth-order valence-corrected chi connectivity index (χ4v) is 3.66. The zero-order chi connectivity index (χ0) is 11.2. The fourth-order valence-electron chi connectivity index (χ4n) is 2.27. The topological polar surface area (TPSA) is 26.0 Å². The summed E-state index contributed by atoms with van der Waals surface area (Å²) < 4.78 is 0. The summed E-state index contributed by atoms with van der Waals surface area (Å²) in [6.07, 6.45) is 6.32. The third kappa shape index (κ3) is 3.53. The number of benzene rings is 1. The number of thioether (sulfide) groups is 1. The van der Waals surface area contributed by atoms with Crippen molar-refractivity contribution in [3.8, 4) is 0 Å². The van der Waals surface area contributed by atoms with Gasteiger partial charge < -0.3 is 5.73 Å². The van der Waals surface area contributed by atoms with E-state index in [1.54, 1.807) is 0 Å². The predicted octanol–water partition coefficient (Wildman–Crippen LogP) is 3.23. The van der Waals surface area contributed by atoms with Crippen LogP contribution in [0.15, 0.2) is 30.3 Å². The largest absolute Gasteiger partial charge is 0.327 e. The first-order valence-electron chi connectivity index (χ1n) is 6.27. The van der Waals surface area contributed by atoms with Gasteiger partial charge >= 0.3 is 0 Å². The molecule has 1 aromatic rings. The molecule has 2 N–H and O–H groups in total. The Morgan fingerprint density at radius 1 is 1.25 bits per heavy atom. The van der Waals surface area contributed by atoms with Gasteiger partial charge in [-0.1, -0.05) is 36.8 Å². The van der Waals surface area contributed by atoms with Crippen LogP contribution in [-0.4, -0.2) is 17.0 Å². The highest BCUT2D eigenvalue weighted by Gasteiger charge is 2.20.